The van der Waals surface area contributed by atoms with Crippen LogP contribution in [0.2, 0.25) is 0 Å². The smallest absolute Gasteiger partial charge is 0.335 e. The largest absolute Gasteiger partial charge is 0.478 e. The Kier molecular flexibility index (Phi) is 4.09. The Morgan fingerprint density at radius 2 is 2.10 bits per heavy atom. The van der Waals surface area contributed by atoms with Gasteiger partial charge < -0.3 is 10.0 Å². The van der Waals surface area contributed by atoms with Crippen LogP contribution in [0.5, 0.6) is 0 Å². The van der Waals surface area contributed by atoms with Crippen molar-refractivity contribution >= 4 is 11.9 Å². The standard InChI is InChI=1S/C13H14N4O3/c1-17(12(18)11-14-8-15-16-11)7-6-9-4-2-3-5-10(9)13(19)20/h2-5,8H,6-7H2,1H3,(H,19,20)(H,14,15,16). The number of carboxylic acids is 1. The lowest BCUT2D eigenvalue weighted by molar-refractivity contribution is 0.0695. The Labute approximate surface area is 115 Å². The van der Waals surface area contributed by atoms with Crippen LogP contribution in [0.25, 0.3) is 0 Å². The van der Waals surface area contributed by atoms with Gasteiger partial charge in [-0.1, -0.05) is 18.2 Å². The van der Waals surface area contributed by atoms with Gasteiger partial charge in [-0.25, -0.2) is 9.78 Å². The second-order valence-corrected chi connectivity index (χ2v) is 4.27. The molecular weight excluding hydrogens is 260 g/mol. The molecule has 0 spiro atoms. The number of benzene rings is 1. The van der Waals surface area contributed by atoms with E-state index in [-0.39, 0.29) is 17.3 Å². The number of aromatic amines is 1. The Bertz CT molecular complexity index is 610. The summed E-state index contributed by atoms with van der Waals surface area (Å²) in [5, 5.41) is 15.2. The van der Waals surface area contributed by atoms with E-state index in [0.717, 1.165) is 0 Å². The van der Waals surface area contributed by atoms with Crippen molar-refractivity contribution in [3.8, 4) is 0 Å². The fourth-order valence-electron chi connectivity index (χ4n) is 1.83. The van der Waals surface area contributed by atoms with E-state index >= 15 is 0 Å². The monoisotopic (exact) mass is 274 g/mol. The zero-order chi connectivity index (χ0) is 14.5. The van der Waals surface area contributed by atoms with Gasteiger partial charge in [-0.3, -0.25) is 9.89 Å². The highest BCUT2D eigenvalue weighted by molar-refractivity contribution is 5.90. The van der Waals surface area contributed by atoms with Crippen molar-refractivity contribution in [1.29, 1.82) is 0 Å². The molecule has 20 heavy (non-hydrogen) atoms. The summed E-state index contributed by atoms with van der Waals surface area (Å²) in [7, 11) is 1.63. The van der Waals surface area contributed by atoms with Gasteiger partial charge in [0.2, 0.25) is 5.82 Å². The number of rotatable bonds is 5. The van der Waals surface area contributed by atoms with Crippen molar-refractivity contribution in [2.24, 2.45) is 0 Å². The van der Waals surface area contributed by atoms with Gasteiger partial charge in [-0.05, 0) is 18.1 Å². The summed E-state index contributed by atoms with van der Waals surface area (Å²) in [4.78, 5) is 28.3. The second kappa shape index (κ2) is 5.96. The van der Waals surface area contributed by atoms with Crippen LogP contribution in [0.1, 0.15) is 26.5 Å². The summed E-state index contributed by atoms with van der Waals surface area (Å²) >= 11 is 0. The summed E-state index contributed by atoms with van der Waals surface area (Å²) in [5.74, 6) is -1.08. The molecule has 2 N–H and O–H groups in total. The molecule has 1 amide bonds. The molecule has 1 aromatic carbocycles. The van der Waals surface area contributed by atoms with E-state index in [1.807, 2.05) is 0 Å². The van der Waals surface area contributed by atoms with E-state index in [0.29, 0.717) is 18.5 Å². The topological polar surface area (TPSA) is 99.2 Å². The van der Waals surface area contributed by atoms with Crippen molar-refractivity contribution in [2.45, 2.75) is 6.42 Å². The van der Waals surface area contributed by atoms with Gasteiger partial charge in [0.05, 0.1) is 5.56 Å². The van der Waals surface area contributed by atoms with Crippen molar-refractivity contribution < 1.29 is 14.7 Å². The number of aromatic nitrogens is 3. The molecule has 0 bridgehead atoms. The maximum Gasteiger partial charge on any atom is 0.335 e. The summed E-state index contributed by atoms with van der Waals surface area (Å²) in [6, 6.07) is 6.75. The Morgan fingerprint density at radius 1 is 1.35 bits per heavy atom. The zero-order valence-corrected chi connectivity index (χ0v) is 10.9. The number of hydrogen-bond acceptors (Lipinski definition) is 4. The van der Waals surface area contributed by atoms with Crippen LogP contribution in [-0.4, -0.2) is 50.7 Å². The van der Waals surface area contributed by atoms with Crippen molar-refractivity contribution in [3.63, 3.8) is 0 Å². The summed E-state index contributed by atoms with van der Waals surface area (Å²) < 4.78 is 0. The van der Waals surface area contributed by atoms with E-state index in [1.165, 1.54) is 11.2 Å². The molecule has 0 saturated carbocycles. The van der Waals surface area contributed by atoms with Gasteiger partial charge in [0.1, 0.15) is 6.33 Å². The third-order valence-corrected chi connectivity index (χ3v) is 2.93. The van der Waals surface area contributed by atoms with Crippen LogP contribution in [0.4, 0.5) is 0 Å². The Morgan fingerprint density at radius 3 is 2.75 bits per heavy atom. The average molecular weight is 274 g/mol. The number of nitrogens with one attached hydrogen (secondary N) is 1. The fraction of sp³-hybridized carbons (Fsp3) is 0.231. The number of hydrogen-bond donors (Lipinski definition) is 2. The minimum Gasteiger partial charge on any atom is -0.478 e. The van der Waals surface area contributed by atoms with Crippen LogP contribution < -0.4 is 0 Å². The molecule has 1 aromatic heterocycles. The lowest BCUT2D eigenvalue weighted by atomic mass is 10.0. The predicted molar refractivity (Wildman–Crippen MR) is 70.4 cm³/mol. The molecule has 0 aliphatic carbocycles. The molecule has 104 valence electrons. The van der Waals surface area contributed by atoms with Gasteiger partial charge >= 0.3 is 5.97 Å². The number of aromatic carboxylic acids is 1. The molecule has 2 rings (SSSR count). The maximum atomic E-state index is 11.9. The first-order chi connectivity index (χ1) is 9.59. The summed E-state index contributed by atoms with van der Waals surface area (Å²) in [6.45, 7) is 0.393. The molecule has 0 fully saturated rings. The average Bonchev–Trinajstić information content (AvgIpc) is 2.98. The van der Waals surface area contributed by atoms with Crippen LogP contribution >= 0.6 is 0 Å². The third-order valence-electron chi connectivity index (χ3n) is 2.93. The molecule has 2 aromatic rings. The molecular formula is C13H14N4O3. The molecule has 0 unspecified atom stereocenters. The molecule has 0 radical (unpaired) electrons. The highest BCUT2D eigenvalue weighted by atomic mass is 16.4. The van der Waals surface area contributed by atoms with Crippen molar-refractivity contribution in [1.82, 2.24) is 20.1 Å². The highest BCUT2D eigenvalue weighted by Crippen LogP contribution is 2.10. The number of nitrogens with zero attached hydrogens (tertiary/aromatic N) is 3. The first-order valence-corrected chi connectivity index (χ1v) is 6.01. The number of H-pyrrole nitrogens is 1. The molecule has 0 atom stereocenters. The van der Waals surface area contributed by atoms with E-state index < -0.39 is 5.97 Å². The SMILES string of the molecule is CN(CCc1ccccc1C(=O)O)C(=O)c1ncn[nH]1. The van der Waals surface area contributed by atoms with Crippen LogP contribution in [0, 0.1) is 0 Å². The number of carboxylic acid groups (broad SMARTS) is 1. The molecule has 1 heterocycles. The molecule has 0 aliphatic rings. The number of amides is 1. The molecule has 0 aliphatic heterocycles. The molecule has 0 saturated heterocycles. The lowest BCUT2D eigenvalue weighted by Gasteiger charge is -2.16. The molecule has 7 heteroatoms. The van der Waals surface area contributed by atoms with Crippen LogP contribution in [0.15, 0.2) is 30.6 Å². The third kappa shape index (κ3) is 3.00. The fourth-order valence-corrected chi connectivity index (χ4v) is 1.83. The number of carbonyl (C=O) groups is 2. The minimum absolute atomic E-state index is 0.166. The lowest BCUT2D eigenvalue weighted by Crippen LogP contribution is -2.30. The van der Waals surface area contributed by atoms with Crippen molar-refractivity contribution in [3.05, 3.63) is 47.5 Å². The number of likely N-dealkylation sites (N-methyl/N-ethyl adjacent to an activating group) is 1. The second-order valence-electron chi connectivity index (χ2n) is 4.27. The quantitative estimate of drug-likeness (QED) is 0.840. The minimum atomic E-state index is -0.968. The van der Waals surface area contributed by atoms with E-state index in [4.69, 9.17) is 5.11 Å². The first kappa shape index (κ1) is 13.7. The Hall–Kier alpha value is -2.70. The maximum absolute atomic E-state index is 11.9. The van der Waals surface area contributed by atoms with Crippen molar-refractivity contribution in [2.75, 3.05) is 13.6 Å². The van der Waals surface area contributed by atoms with Gasteiger partial charge in [0, 0.05) is 13.6 Å². The van der Waals surface area contributed by atoms with Gasteiger partial charge in [-0.2, -0.15) is 5.10 Å². The van der Waals surface area contributed by atoms with Crippen LogP contribution in [-0.2, 0) is 6.42 Å². The summed E-state index contributed by atoms with van der Waals surface area (Å²) in [6.07, 6.45) is 1.72. The van der Waals surface area contributed by atoms with E-state index in [9.17, 15) is 9.59 Å². The molecule has 7 nitrogen and oxygen atoms in total. The Balaban J connectivity index is 2.02. The predicted octanol–water partition coefficient (Wildman–Crippen LogP) is 0.818. The first-order valence-electron chi connectivity index (χ1n) is 6.01. The van der Waals surface area contributed by atoms with E-state index in [1.54, 1.807) is 31.3 Å². The van der Waals surface area contributed by atoms with Gasteiger partial charge in [-0.15, -0.1) is 0 Å². The van der Waals surface area contributed by atoms with Gasteiger partial charge in [0.25, 0.3) is 5.91 Å². The van der Waals surface area contributed by atoms with Gasteiger partial charge in [0.15, 0.2) is 0 Å². The number of carbonyl (C=O) groups excluding carboxylic acids is 1. The summed E-state index contributed by atoms with van der Waals surface area (Å²) in [5.41, 5.74) is 0.949. The van der Waals surface area contributed by atoms with Crippen LogP contribution in [0.3, 0.4) is 0 Å². The highest BCUT2D eigenvalue weighted by Gasteiger charge is 2.15. The van der Waals surface area contributed by atoms with E-state index in [2.05, 4.69) is 15.2 Å². The normalized spacial score (nSPS) is 10.2. The zero-order valence-electron chi connectivity index (χ0n) is 10.9.